The summed E-state index contributed by atoms with van der Waals surface area (Å²) in [4.78, 5) is 0. The van der Waals surface area contributed by atoms with Gasteiger partial charge in [-0.3, -0.25) is 0 Å². The van der Waals surface area contributed by atoms with Gasteiger partial charge in [0.25, 0.3) is 0 Å². The van der Waals surface area contributed by atoms with Crippen molar-refractivity contribution in [3.05, 3.63) is 40.3 Å². The molecule has 1 aromatic carbocycles. The average Bonchev–Trinajstić information content (AvgIpc) is 2.46. The molecule has 0 saturated heterocycles. The number of fused-ring (bicyclic) bond motifs is 1. The van der Waals surface area contributed by atoms with Gasteiger partial charge in [-0.2, -0.15) is 0 Å². The van der Waals surface area contributed by atoms with Crippen LogP contribution in [0, 0.1) is 0 Å². The molecule has 0 amide bonds. The van der Waals surface area contributed by atoms with E-state index in [4.69, 9.17) is 12.2 Å². The van der Waals surface area contributed by atoms with Gasteiger partial charge < -0.3 is 0 Å². The van der Waals surface area contributed by atoms with Crippen molar-refractivity contribution in [2.45, 2.75) is 0 Å². The lowest BCUT2D eigenvalue weighted by Gasteiger charge is -1.79. The third kappa shape index (κ3) is 1.05. The SMILES string of the molecule is S=C=C1C=c2ccccc2=C1. The molecule has 0 unspecified atom stereocenters. The first-order valence-electron chi connectivity index (χ1n) is 3.44. The van der Waals surface area contributed by atoms with Gasteiger partial charge in [0.1, 0.15) is 0 Å². The second kappa shape index (κ2) is 2.46. The number of hydrogen-bond donors (Lipinski definition) is 0. The highest BCUT2D eigenvalue weighted by molar-refractivity contribution is 7.78. The minimum atomic E-state index is 1.00. The zero-order chi connectivity index (χ0) is 7.68. The molecular formula is C10H6S. The van der Waals surface area contributed by atoms with E-state index in [-0.39, 0.29) is 0 Å². The van der Waals surface area contributed by atoms with E-state index in [2.05, 4.69) is 17.2 Å². The van der Waals surface area contributed by atoms with E-state index in [1.165, 1.54) is 10.4 Å². The number of benzene rings is 1. The Morgan fingerprint density at radius 1 is 1.00 bits per heavy atom. The Kier molecular flexibility index (Phi) is 1.46. The van der Waals surface area contributed by atoms with Crippen molar-refractivity contribution in [3.63, 3.8) is 0 Å². The highest BCUT2D eigenvalue weighted by Gasteiger charge is 1.94. The summed E-state index contributed by atoms with van der Waals surface area (Å²) in [7, 11) is 0. The van der Waals surface area contributed by atoms with E-state index in [0.717, 1.165) is 5.57 Å². The number of hydrogen-bond acceptors (Lipinski definition) is 1. The molecule has 1 aromatic rings. The van der Waals surface area contributed by atoms with Crippen LogP contribution in [-0.2, 0) is 0 Å². The zero-order valence-corrected chi connectivity index (χ0v) is 6.69. The Morgan fingerprint density at radius 3 is 2.00 bits per heavy atom. The van der Waals surface area contributed by atoms with Crippen LogP contribution in [0.1, 0.15) is 0 Å². The second-order valence-electron chi connectivity index (χ2n) is 2.47. The number of allylic oxidation sites excluding steroid dienone is 1. The Morgan fingerprint density at radius 2 is 1.55 bits per heavy atom. The minimum absolute atomic E-state index is 1.00. The van der Waals surface area contributed by atoms with E-state index in [0.29, 0.717) is 0 Å². The third-order valence-corrected chi connectivity index (χ3v) is 1.97. The molecule has 0 bridgehead atoms. The van der Waals surface area contributed by atoms with Crippen molar-refractivity contribution in [2.24, 2.45) is 0 Å². The monoisotopic (exact) mass is 158 g/mol. The van der Waals surface area contributed by atoms with Crippen molar-refractivity contribution in [2.75, 3.05) is 0 Å². The molecule has 2 rings (SSSR count). The molecule has 1 aliphatic carbocycles. The molecule has 0 spiro atoms. The summed E-state index contributed by atoms with van der Waals surface area (Å²) in [6.45, 7) is 0. The largest absolute Gasteiger partial charge is 0.0616 e. The maximum Gasteiger partial charge on any atom is 0.0292 e. The van der Waals surface area contributed by atoms with Crippen LogP contribution in [0.25, 0.3) is 12.2 Å². The van der Waals surface area contributed by atoms with Crippen LogP contribution < -0.4 is 10.4 Å². The van der Waals surface area contributed by atoms with Crippen LogP contribution in [0.2, 0.25) is 0 Å². The maximum absolute atomic E-state index is 4.71. The molecule has 1 heteroatoms. The topological polar surface area (TPSA) is 0 Å². The van der Waals surface area contributed by atoms with Crippen LogP contribution in [-0.4, -0.2) is 5.02 Å². The molecule has 0 N–H and O–H groups in total. The highest BCUT2D eigenvalue weighted by Crippen LogP contribution is 1.95. The number of thiocarbonyl (C=S) groups is 1. The Labute approximate surface area is 70.2 Å². The van der Waals surface area contributed by atoms with Crippen molar-refractivity contribution in [1.82, 2.24) is 0 Å². The molecule has 1 aliphatic rings. The Bertz CT molecular complexity index is 411. The highest BCUT2D eigenvalue weighted by atomic mass is 32.1. The van der Waals surface area contributed by atoms with Gasteiger partial charge in [-0.25, -0.2) is 0 Å². The summed E-state index contributed by atoms with van der Waals surface area (Å²) in [6.07, 6.45) is 4.09. The van der Waals surface area contributed by atoms with Gasteiger partial charge in [-0.05, 0) is 39.8 Å². The molecule has 0 atom stereocenters. The molecular weight excluding hydrogens is 152 g/mol. The summed E-state index contributed by atoms with van der Waals surface area (Å²) in [5.74, 6) is 0. The fourth-order valence-corrected chi connectivity index (χ4v) is 1.33. The molecule has 0 fully saturated rings. The van der Waals surface area contributed by atoms with Crippen LogP contribution >= 0.6 is 12.2 Å². The second-order valence-corrected chi connectivity index (χ2v) is 2.68. The first-order chi connectivity index (χ1) is 5.40. The van der Waals surface area contributed by atoms with Crippen molar-refractivity contribution in [1.29, 1.82) is 0 Å². The lowest BCUT2D eigenvalue weighted by Crippen LogP contribution is -2.19. The zero-order valence-electron chi connectivity index (χ0n) is 5.87. The van der Waals surface area contributed by atoms with Gasteiger partial charge in [0, 0.05) is 5.57 Å². The van der Waals surface area contributed by atoms with Crippen LogP contribution in [0.3, 0.4) is 0 Å². The van der Waals surface area contributed by atoms with Gasteiger partial charge in [-0.1, -0.05) is 24.3 Å². The Hall–Kier alpha value is -1.17. The van der Waals surface area contributed by atoms with Crippen molar-refractivity contribution >= 4 is 29.4 Å². The summed E-state index contributed by atoms with van der Waals surface area (Å²) >= 11 is 4.71. The molecule has 0 saturated carbocycles. The van der Waals surface area contributed by atoms with E-state index in [9.17, 15) is 0 Å². The molecule has 0 radical (unpaired) electrons. The fraction of sp³-hybridized carbons (Fsp3) is 0. The van der Waals surface area contributed by atoms with Gasteiger partial charge in [0.15, 0.2) is 0 Å². The standard InChI is InChI=1S/C10H6S/c11-7-8-5-9-3-1-2-4-10(9)6-8/h1-6H. The van der Waals surface area contributed by atoms with E-state index in [1.807, 2.05) is 24.3 Å². The lowest BCUT2D eigenvalue weighted by molar-refractivity contribution is 1.55. The molecule has 0 nitrogen and oxygen atoms in total. The van der Waals surface area contributed by atoms with Gasteiger partial charge in [0.2, 0.25) is 0 Å². The summed E-state index contributed by atoms with van der Waals surface area (Å²) < 4.78 is 0. The van der Waals surface area contributed by atoms with E-state index >= 15 is 0 Å². The smallest absolute Gasteiger partial charge is 0.0292 e. The summed E-state index contributed by atoms with van der Waals surface area (Å²) in [5, 5.41) is 5.17. The number of rotatable bonds is 0. The summed E-state index contributed by atoms with van der Waals surface area (Å²) in [6, 6.07) is 8.20. The molecule has 0 heterocycles. The quantitative estimate of drug-likeness (QED) is 0.503. The first kappa shape index (κ1) is 6.53. The van der Waals surface area contributed by atoms with Crippen molar-refractivity contribution < 1.29 is 0 Å². The predicted octanol–water partition coefficient (Wildman–Crippen LogP) is 0.786. The lowest BCUT2D eigenvalue weighted by atomic mass is 10.3. The Balaban J connectivity index is 2.91. The van der Waals surface area contributed by atoms with Crippen molar-refractivity contribution in [3.8, 4) is 0 Å². The maximum atomic E-state index is 4.71. The van der Waals surface area contributed by atoms with Gasteiger partial charge in [0.05, 0.1) is 0 Å². The first-order valence-corrected chi connectivity index (χ1v) is 3.84. The third-order valence-electron chi connectivity index (χ3n) is 1.74. The predicted molar refractivity (Wildman–Crippen MR) is 50.7 cm³/mol. The summed E-state index contributed by atoms with van der Waals surface area (Å²) in [5.41, 5.74) is 1.00. The molecule has 0 aromatic heterocycles. The normalized spacial score (nSPS) is 12.9. The molecule has 52 valence electrons. The van der Waals surface area contributed by atoms with Crippen LogP contribution in [0.5, 0.6) is 0 Å². The molecule has 0 aliphatic heterocycles. The van der Waals surface area contributed by atoms with Crippen LogP contribution in [0.4, 0.5) is 0 Å². The van der Waals surface area contributed by atoms with Crippen LogP contribution in [0.15, 0.2) is 29.8 Å². The van der Waals surface area contributed by atoms with E-state index < -0.39 is 0 Å². The molecule has 11 heavy (non-hydrogen) atoms. The fourth-order valence-electron chi connectivity index (χ4n) is 1.21. The minimum Gasteiger partial charge on any atom is -0.0616 e. The van der Waals surface area contributed by atoms with Gasteiger partial charge in [-0.15, -0.1) is 0 Å². The average molecular weight is 158 g/mol. The van der Waals surface area contributed by atoms with E-state index in [1.54, 1.807) is 0 Å². The van der Waals surface area contributed by atoms with Gasteiger partial charge >= 0.3 is 0 Å².